The van der Waals surface area contributed by atoms with Crippen molar-refractivity contribution in [3.05, 3.63) is 51.7 Å². The monoisotopic (exact) mass is 359 g/mol. The molecule has 0 aliphatic carbocycles. The lowest BCUT2D eigenvalue weighted by Crippen LogP contribution is -2.49. The van der Waals surface area contributed by atoms with E-state index in [0.29, 0.717) is 12.3 Å². The van der Waals surface area contributed by atoms with Gasteiger partial charge in [0.2, 0.25) is 0 Å². The van der Waals surface area contributed by atoms with Crippen LogP contribution >= 0.6 is 11.3 Å². The number of rotatable bonds is 5. The summed E-state index contributed by atoms with van der Waals surface area (Å²) in [5, 5.41) is 19.8. The van der Waals surface area contributed by atoms with Crippen LogP contribution in [0.5, 0.6) is 5.75 Å². The van der Waals surface area contributed by atoms with E-state index in [1.807, 2.05) is 19.1 Å². The van der Waals surface area contributed by atoms with Crippen LogP contribution in [0.4, 0.5) is 4.79 Å². The number of hydrogen-bond acceptors (Lipinski definition) is 4. The molecule has 0 saturated carbocycles. The second-order valence-electron chi connectivity index (χ2n) is 6.82. The molecule has 25 heavy (non-hydrogen) atoms. The molecule has 2 amide bonds. The van der Waals surface area contributed by atoms with Gasteiger partial charge in [-0.05, 0) is 72.5 Å². The SMILES string of the molecule is CC(Cc1ccsc1)NC(=O)NCC1Cc2ccc(O)cc2CN1C. The van der Waals surface area contributed by atoms with Crippen molar-refractivity contribution in [2.45, 2.75) is 38.4 Å². The molecule has 0 spiro atoms. The van der Waals surface area contributed by atoms with Gasteiger partial charge in [-0.25, -0.2) is 4.79 Å². The molecular weight excluding hydrogens is 334 g/mol. The fourth-order valence-corrected chi connectivity index (χ4v) is 3.97. The van der Waals surface area contributed by atoms with Crippen molar-refractivity contribution >= 4 is 17.4 Å². The summed E-state index contributed by atoms with van der Waals surface area (Å²) in [6.45, 7) is 3.41. The Bertz CT molecular complexity index is 717. The van der Waals surface area contributed by atoms with Crippen LogP contribution in [0.25, 0.3) is 0 Å². The minimum absolute atomic E-state index is 0.0994. The van der Waals surface area contributed by atoms with Gasteiger partial charge in [-0.15, -0.1) is 0 Å². The number of amides is 2. The number of likely N-dealkylation sites (N-methyl/N-ethyl adjacent to an activating group) is 1. The van der Waals surface area contributed by atoms with Gasteiger partial charge < -0.3 is 15.7 Å². The quantitative estimate of drug-likeness (QED) is 0.769. The summed E-state index contributed by atoms with van der Waals surface area (Å²) in [4.78, 5) is 14.4. The van der Waals surface area contributed by atoms with Crippen LogP contribution in [-0.2, 0) is 19.4 Å². The van der Waals surface area contributed by atoms with Crippen molar-refractivity contribution in [3.8, 4) is 5.75 Å². The molecular formula is C19H25N3O2S. The fourth-order valence-electron chi connectivity index (χ4n) is 3.29. The van der Waals surface area contributed by atoms with Crippen molar-refractivity contribution in [3.63, 3.8) is 0 Å². The molecule has 1 aromatic heterocycles. The van der Waals surface area contributed by atoms with Gasteiger partial charge in [-0.1, -0.05) is 6.07 Å². The summed E-state index contributed by atoms with van der Waals surface area (Å²) >= 11 is 1.68. The van der Waals surface area contributed by atoms with E-state index in [-0.39, 0.29) is 18.1 Å². The third-order valence-corrected chi connectivity index (χ3v) is 5.42. The van der Waals surface area contributed by atoms with Crippen LogP contribution in [0, 0.1) is 0 Å². The van der Waals surface area contributed by atoms with Gasteiger partial charge in [0, 0.05) is 25.2 Å². The van der Waals surface area contributed by atoms with Crippen LogP contribution in [0.1, 0.15) is 23.6 Å². The van der Waals surface area contributed by atoms with Gasteiger partial charge in [0.05, 0.1) is 0 Å². The van der Waals surface area contributed by atoms with E-state index in [1.165, 1.54) is 11.1 Å². The number of phenols is 1. The predicted molar refractivity (Wildman–Crippen MR) is 101 cm³/mol. The highest BCUT2D eigenvalue weighted by atomic mass is 32.1. The fraction of sp³-hybridized carbons (Fsp3) is 0.421. The molecule has 2 aromatic rings. The summed E-state index contributed by atoms with van der Waals surface area (Å²) in [5.74, 6) is 0.308. The number of thiophene rings is 1. The average Bonchev–Trinajstić information content (AvgIpc) is 3.05. The number of urea groups is 1. The largest absolute Gasteiger partial charge is 0.508 e. The minimum atomic E-state index is -0.118. The summed E-state index contributed by atoms with van der Waals surface area (Å²) in [5.41, 5.74) is 3.66. The molecule has 5 nitrogen and oxygen atoms in total. The molecule has 3 rings (SSSR count). The zero-order valence-corrected chi connectivity index (χ0v) is 15.5. The Morgan fingerprint density at radius 3 is 3.00 bits per heavy atom. The Labute approximate surface area is 152 Å². The highest BCUT2D eigenvalue weighted by Crippen LogP contribution is 2.25. The van der Waals surface area contributed by atoms with Crippen molar-refractivity contribution < 1.29 is 9.90 Å². The standard InChI is InChI=1S/C19H25N3O2S/c1-13(7-14-5-6-25-12-14)21-19(24)20-10-17-8-15-3-4-18(23)9-16(15)11-22(17)2/h3-6,9,12-13,17,23H,7-8,10-11H2,1-2H3,(H2,20,21,24). The first kappa shape index (κ1) is 17.8. The summed E-state index contributed by atoms with van der Waals surface area (Å²) < 4.78 is 0. The summed E-state index contributed by atoms with van der Waals surface area (Å²) in [6, 6.07) is 7.87. The molecule has 0 saturated heterocycles. The number of hydrogen-bond donors (Lipinski definition) is 3. The Kier molecular flexibility index (Phi) is 5.60. The zero-order chi connectivity index (χ0) is 17.8. The van der Waals surface area contributed by atoms with Gasteiger partial charge in [-0.3, -0.25) is 4.90 Å². The Morgan fingerprint density at radius 1 is 1.40 bits per heavy atom. The smallest absolute Gasteiger partial charge is 0.315 e. The maximum atomic E-state index is 12.2. The molecule has 0 radical (unpaired) electrons. The molecule has 2 atom stereocenters. The Morgan fingerprint density at radius 2 is 2.24 bits per heavy atom. The molecule has 1 aliphatic rings. The number of carbonyl (C=O) groups excluding carboxylic acids is 1. The van der Waals surface area contributed by atoms with Crippen LogP contribution in [0.3, 0.4) is 0 Å². The van der Waals surface area contributed by atoms with Gasteiger partial charge in [0.15, 0.2) is 0 Å². The molecule has 3 N–H and O–H groups in total. The van der Waals surface area contributed by atoms with Crippen LogP contribution < -0.4 is 10.6 Å². The van der Waals surface area contributed by atoms with Crippen LogP contribution in [0.15, 0.2) is 35.0 Å². The highest BCUT2D eigenvalue weighted by Gasteiger charge is 2.24. The number of nitrogens with one attached hydrogen (secondary N) is 2. The second-order valence-corrected chi connectivity index (χ2v) is 7.60. The highest BCUT2D eigenvalue weighted by molar-refractivity contribution is 7.07. The Balaban J connectivity index is 1.48. The summed E-state index contributed by atoms with van der Waals surface area (Å²) in [6.07, 6.45) is 1.72. The first-order valence-corrected chi connectivity index (χ1v) is 9.52. The first-order chi connectivity index (χ1) is 12.0. The van der Waals surface area contributed by atoms with E-state index in [1.54, 1.807) is 17.4 Å². The topological polar surface area (TPSA) is 64.6 Å². The number of nitrogens with zero attached hydrogens (tertiary/aromatic N) is 1. The molecule has 0 bridgehead atoms. The van der Waals surface area contributed by atoms with Crippen LogP contribution in [-0.4, -0.2) is 41.7 Å². The van der Waals surface area contributed by atoms with Gasteiger partial charge in [0.1, 0.15) is 5.75 Å². The lowest BCUT2D eigenvalue weighted by atomic mass is 9.94. The van der Waals surface area contributed by atoms with Crippen LogP contribution in [0.2, 0.25) is 0 Å². The minimum Gasteiger partial charge on any atom is -0.508 e. The van der Waals surface area contributed by atoms with E-state index < -0.39 is 0 Å². The summed E-state index contributed by atoms with van der Waals surface area (Å²) in [7, 11) is 2.05. The molecule has 134 valence electrons. The third-order valence-electron chi connectivity index (χ3n) is 4.69. The van der Waals surface area contributed by atoms with E-state index in [4.69, 9.17) is 0 Å². The lowest BCUT2D eigenvalue weighted by molar-refractivity contribution is 0.202. The predicted octanol–water partition coefficient (Wildman–Crippen LogP) is 2.74. The number of carbonyl (C=O) groups is 1. The van der Waals surface area contributed by atoms with Gasteiger partial charge in [0.25, 0.3) is 0 Å². The van der Waals surface area contributed by atoms with Gasteiger partial charge >= 0.3 is 6.03 Å². The second kappa shape index (κ2) is 7.89. The molecule has 1 aliphatic heterocycles. The number of benzene rings is 1. The molecule has 2 unspecified atom stereocenters. The van der Waals surface area contributed by atoms with Crippen molar-refractivity contribution in [1.82, 2.24) is 15.5 Å². The number of fused-ring (bicyclic) bond motifs is 1. The zero-order valence-electron chi connectivity index (χ0n) is 14.7. The van der Waals surface area contributed by atoms with Gasteiger partial charge in [-0.2, -0.15) is 11.3 Å². The van der Waals surface area contributed by atoms with Crippen molar-refractivity contribution in [2.75, 3.05) is 13.6 Å². The van der Waals surface area contributed by atoms with E-state index >= 15 is 0 Å². The molecule has 1 aromatic carbocycles. The van der Waals surface area contributed by atoms with E-state index in [0.717, 1.165) is 24.9 Å². The normalized spacial score (nSPS) is 18.4. The van der Waals surface area contributed by atoms with E-state index in [9.17, 15) is 9.90 Å². The van der Waals surface area contributed by atoms with E-state index in [2.05, 4.69) is 39.4 Å². The lowest BCUT2D eigenvalue weighted by Gasteiger charge is -2.34. The maximum Gasteiger partial charge on any atom is 0.315 e. The van der Waals surface area contributed by atoms with Crippen molar-refractivity contribution in [2.24, 2.45) is 0 Å². The maximum absolute atomic E-state index is 12.2. The van der Waals surface area contributed by atoms with Crippen molar-refractivity contribution in [1.29, 1.82) is 0 Å². The molecule has 2 heterocycles. The third kappa shape index (κ3) is 4.74. The number of aromatic hydroxyl groups is 1. The molecule has 6 heteroatoms. The average molecular weight is 359 g/mol. The number of phenolic OH excluding ortho intramolecular Hbond substituents is 1. The first-order valence-electron chi connectivity index (χ1n) is 8.57. The molecule has 0 fully saturated rings. The Hall–Kier alpha value is -2.05.